The molecule has 1 saturated carbocycles. The lowest BCUT2D eigenvalue weighted by atomic mass is 9.81. The highest BCUT2D eigenvalue weighted by Gasteiger charge is 2.37. The maximum Gasteiger partial charge on any atom is 0.249 e. The number of hydroxylamine groups is 2. The van der Waals surface area contributed by atoms with Gasteiger partial charge in [0.2, 0.25) is 5.91 Å². The molecule has 0 bridgehead atoms. The summed E-state index contributed by atoms with van der Waals surface area (Å²) in [6.45, 7) is 0.922. The molecule has 2 aliphatic rings. The first-order valence-corrected chi connectivity index (χ1v) is 10.7. The van der Waals surface area contributed by atoms with Crippen molar-refractivity contribution in [3.8, 4) is 17.9 Å². The molecule has 7 nitrogen and oxygen atoms in total. The third-order valence-corrected chi connectivity index (χ3v) is 6.14. The molecule has 0 spiro atoms. The van der Waals surface area contributed by atoms with E-state index in [1.807, 2.05) is 6.07 Å². The summed E-state index contributed by atoms with van der Waals surface area (Å²) < 4.78 is 19.2. The lowest BCUT2D eigenvalue weighted by Crippen LogP contribution is -2.37. The van der Waals surface area contributed by atoms with Crippen LogP contribution in [0.15, 0.2) is 36.7 Å². The van der Waals surface area contributed by atoms with E-state index in [0.717, 1.165) is 31.2 Å². The third kappa shape index (κ3) is 4.71. The fourth-order valence-electron chi connectivity index (χ4n) is 4.34. The molecule has 0 N–H and O–H groups in total. The van der Waals surface area contributed by atoms with E-state index in [9.17, 15) is 9.18 Å². The van der Waals surface area contributed by atoms with Crippen LogP contribution in [-0.4, -0.2) is 29.2 Å². The molecule has 32 heavy (non-hydrogen) atoms. The van der Waals surface area contributed by atoms with Crippen LogP contribution in [0.2, 0.25) is 0 Å². The van der Waals surface area contributed by atoms with Crippen molar-refractivity contribution in [1.82, 2.24) is 10.0 Å². The van der Waals surface area contributed by atoms with Gasteiger partial charge in [0.05, 0.1) is 30.4 Å². The van der Waals surface area contributed by atoms with E-state index < -0.39 is 5.82 Å². The van der Waals surface area contributed by atoms with E-state index in [2.05, 4.69) is 11.1 Å². The Morgan fingerprint density at radius 2 is 1.97 bits per heavy atom. The van der Waals surface area contributed by atoms with Crippen LogP contribution in [0.1, 0.15) is 54.8 Å². The van der Waals surface area contributed by atoms with E-state index in [4.69, 9.17) is 20.1 Å². The molecule has 0 unspecified atom stereocenters. The van der Waals surface area contributed by atoms with E-state index in [0.29, 0.717) is 36.9 Å². The number of carbonyl (C=O) groups is 1. The molecule has 0 radical (unpaired) electrons. The Bertz CT molecular complexity index is 1070. The number of rotatable bonds is 5. The molecule has 164 valence electrons. The highest BCUT2D eigenvalue weighted by atomic mass is 19.1. The summed E-state index contributed by atoms with van der Waals surface area (Å²) in [5.74, 6) is 0.0712. The van der Waals surface area contributed by atoms with Crippen molar-refractivity contribution in [2.45, 2.75) is 38.1 Å². The zero-order valence-electron chi connectivity index (χ0n) is 17.5. The summed E-state index contributed by atoms with van der Waals surface area (Å²) in [5.41, 5.74) is 1.24. The summed E-state index contributed by atoms with van der Waals surface area (Å²) in [7, 11) is 0. The molecule has 1 amide bonds. The second-order valence-corrected chi connectivity index (χ2v) is 8.20. The van der Waals surface area contributed by atoms with Crippen LogP contribution in [0.25, 0.3) is 0 Å². The van der Waals surface area contributed by atoms with E-state index >= 15 is 0 Å². The smallest absolute Gasteiger partial charge is 0.249 e. The van der Waals surface area contributed by atoms with Gasteiger partial charge in [0.1, 0.15) is 23.7 Å². The molecule has 2 aromatic rings. The molecule has 1 aliphatic carbocycles. The topological polar surface area (TPSA) is 99.2 Å². The van der Waals surface area contributed by atoms with Crippen molar-refractivity contribution in [2.75, 3.05) is 13.2 Å². The highest BCUT2D eigenvalue weighted by Crippen LogP contribution is 2.36. The fourth-order valence-corrected chi connectivity index (χ4v) is 4.34. The maximum absolute atomic E-state index is 13.4. The van der Waals surface area contributed by atoms with E-state index in [1.165, 1.54) is 29.5 Å². The minimum Gasteiger partial charge on any atom is -0.493 e. The highest BCUT2D eigenvalue weighted by molar-refractivity contribution is 5.78. The van der Waals surface area contributed by atoms with E-state index in [-0.39, 0.29) is 23.4 Å². The Hall–Kier alpha value is -3.49. The van der Waals surface area contributed by atoms with Gasteiger partial charge in [0, 0.05) is 30.8 Å². The van der Waals surface area contributed by atoms with Crippen LogP contribution in [0.3, 0.4) is 0 Å². The van der Waals surface area contributed by atoms with Gasteiger partial charge >= 0.3 is 0 Å². The van der Waals surface area contributed by atoms with Crippen LogP contribution in [-0.2, 0) is 9.63 Å². The van der Waals surface area contributed by atoms with Gasteiger partial charge in [-0.05, 0) is 55.4 Å². The predicted molar refractivity (Wildman–Crippen MR) is 111 cm³/mol. The van der Waals surface area contributed by atoms with Gasteiger partial charge < -0.3 is 4.74 Å². The van der Waals surface area contributed by atoms with Gasteiger partial charge in [-0.15, -0.1) is 0 Å². The summed E-state index contributed by atoms with van der Waals surface area (Å²) in [5, 5.41) is 19.5. The molecule has 1 saturated heterocycles. The van der Waals surface area contributed by atoms with Crippen LogP contribution in [0, 0.1) is 40.3 Å². The van der Waals surface area contributed by atoms with Crippen LogP contribution in [0.4, 0.5) is 4.39 Å². The predicted octanol–water partition coefficient (Wildman–Crippen LogP) is 4.05. The quantitative estimate of drug-likeness (QED) is 0.704. The Morgan fingerprint density at radius 3 is 2.72 bits per heavy atom. The zero-order chi connectivity index (χ0) is 22.5. The van der Waals surface area contributed by atoms with Crippen molar-refractivity contribution in [2.24, 2.45) is 11.8 Å². The number of hydrogen-bond donors (Lipinski definition) is 0. The van der Waals surface area contributed by atoms with Crippen LogP contribution in [0.5, 0.6) is 5.75 Å². The average Bonchev–Trinajstić information content (AvgIpc) is 3.33. The Morgan fingerprint density at radius 1 is 1.16 bits per heavy atom. The molecular weight excluding hydrogens is 411 g/mol. The fraction of sp³-hybridized carbons (Fsp3) is 0.417. The Balaban J connectivity index is 1.31. The minimum absolute atomic E-state index is 0.0218. The Labute approximate surface area is 185 Å². The molecule has 4 rings (SSSR count). The largest absolute Gasteiger partial charge is 0.493 e. The standard InChI is InChI=1S/C24H23FN4O3/c25-22-6-5-21(10-19(22)12-27)31-15-16-1-3-18(4-2-16)24(30)29-23(7-8-32-29)20-9-17(11-26)13-28-14-20/h5-6,9-10,13-14,16,18,23H,1-4,7-8,15H2/t16?,18?,23-/m0/s1. The second kappa shape index (κ2) is 9.76. The minimum atomic E-state index is -0.559. The van der Waals surface area contributed by atoms with Crippen molar-refractivity contribution in [3.05, 3.63) is 59.2 Å². The number of nitriles is 2. The first-order chi connectivity index (χ1) is 15.6. The molecule has 2 fully saturated rings. The number of benzene rings is 1. The number of halogens is 1. The summed E-state index contributed by atoms with van der Waals surface area (Å²) in [6.07, 6.45) is 7.02. The summed E-state index contributed by atoms with van der Waals surface area (Å²) in [6, 6.07) is 9.59. The van der Waals surface area contributed by atoms with Gasteiger partial charge in [-0.3, -0.25) is 14.6 Å². The van der Waals surface area contributed by atoms with Gasteiger partial charge in [0.15, 0.2) is 0 Å². The summed E-state index contributed by atoms with van der Waals surface area (Å²) in [4.78, 5) is 22.9. The first-order valence-electron chi connectivity index (χ1n) is 10.7. The third-order valence-electron chi connectivity index (χ3n) is 6.14. The van der Waals surface area contributed by atoms with Gasteiger partial charge in [0.25, 0.3) is 0 Å². The van der Waals surface area contributed by atoms with E-state index in [1.54, 1.807) is 12.3 Å². The number of ether oxygens (including phenoxy) is 1. The number of nitrogens with zero attached hydrogens (tertiary/aromatic N) is 4. The maximum atomic E-state index is 13.4. The number of aromatic nitrogens is 1. The van der Waals surface area contributed by atoms with Gasteiger partial charge in [-0.25, -0.2) is 9.45 Å². The molecule has 1 aliphatic heterocycles. The molecule has 1 aromatic heterocycles. The monoisotopic (exact) mass is 434 g/mol. The molecule has 8 heteroatoms. The van der Waals surface area contributed by atoms with Crippen molar-refractivity contribution < 1.29 is 18.8 Å². The zero-order valence-corrected chi connectivity index (χ0v) is 17.5. The number of pyridine rings is 1. The SMILES string of the molecule is N#Cc1cncc([C@@H]2CCON2C(=O)C2CCC(COc3ccc(F)c(C#N)c3)CC2)c1. The molecular formula is C24H23FN4O3. The van der Waals surface area contributed by atoms with Crippen LogP contribution < -0.4 is 4.74 Å². The molecule has 1 atom stereocenters. The van der Waals surface area contributed by atoms with Crippen molar-refractivity contribution in [3.63, 3.8) is 0 Å². The number of amides is 1. The molecule has 1 aromatic carbocycles. The normalized spacial score (nSPS) is 22.7. The second-order valence-electron chi connectivity index (χ2n) is 8.20. The van der Waals surface area contributed by atoms with Crippen LogP contribution >= 0.6 is 0 Å². The van der Waals surface area contributed by atoms with Gasteiger partial charge in [-0.1, -0.05) is 0 Å². The average molecular weight is 434 g/mol. The van der Waals surface area contributed by atoms with Crippen molar-refractivity contribution >= 4 is 5.91 Å². The summed E-state index contributed by atoms with van der Waals surface area (Å²) >= 11 is 0. The number of carbonyl (C=O) groups excluding carboxylic acids is 1. The van der Waals surface area contributed by atoms with Crippen molar-refractivity contribution in [1.29, 1.82) is 10.5 Å². The van der Waals surface area contributed by atoms with Gasteiger partial charge in [-0.2, -0.15) is 10.5 Å². The number of hydrogen-bond acceptors (Lipinski definition) is 6. The lowest BCUT2D eigenvalue weighted by molar-refractivity contribution is -0.183. The first kappa shape index (κ1) is 21.7. The molecule has 2 heterocycles. The Kier molecular flexibility index (Phi) is 6.63. The lowest BCUT2D eigenvalue weighted by Gasteiger charge is -2.31.